The summed E-state index contributed by atoms with van der Waals surface area (Å²) in [6.07, 6.45) is 3.62. The summed E-state index contributed by atoms with van der Waals surface area (Å²) in [7, 11) is 4.63. The van der Waals surface area contributed by atoms with E-state index in [1.165, 1.54) is 16.4 Å². The first-order valence-corrected chi connectivity index (χ1v) is 10.7. The number of unbranched alkanes of at least 4 members (excludes halogenated alkanes) is 1. The second-order valence-corrected chi connectivity index (χ2v) is 8.22. The summed E-state index contributed by atoms with van der Waals surface area (Å²) in [4.78, 5) is 36.2. The molecule has 4 aromatic rings. The van der Waals surface area contributed by atoms with Crippen molar-refractivity contribution in [3.8, 4) is 0 Å². The highest BCUT2D eigenvalue weighted by Gasteiger charge is 2.17. The Bertz CT molecular complexity index is 1530. The fraction of sp³-hybridized carbons (Fsp3) is 0.320. The molecule has 8 heteroatoms. The molecule has 0 saturated heterocycles. The summed E-state index contributed by atoms with van der Waals surface area (Å²) in [6.45, 7) is 3.79. The van der Waals surface area contributed by atoms with E-state index in [0.29, 0.717) is 41.3 Å². The number of methoxy groups -OCH3 is 1. The number of carbonyl (C=O) groups is 1. The van der Waals surface area contributed by atoms with Gasteiger partial charge in [0.25, 0.3) is 5.56 Å². The maximum Gasteiger partial charge on any atom is 0.419 e. The predicted molar refractivity (Wildman–Crippen MR) is 125 cm³/mol. The van der Waals surface area contributed by atoms with Gasteiger partial charge in [-0.25, -0.2) is 4.79 Å². The second-order valence-electron chi connectivity index (χ2n) is 8.22. The lowest BCUT2D eigenvalue weighted by atomic mass is 9.92. The van der Waals surface area contributed by atoms with Gasteiger partial charge in [0.2, 0.25) is 0 Å². The minimum absolute atomic E-state index is 0.205. The first-order valence-electron chi connectivity index (χ1n) is 10.7. The van der Waals surface area contributed by atoms with E-state index in [-0.39, 0.29) is 11.5 Å². The minimum Gasteiger partial charge on any atom is -0.469 e. The lowest BCUT2D eigenvalue weighted by Gasteiger charge is -2.12. The number of rotatable bonds is 6. The van der Waals surface area contributed by atoms with Crippen LogP contribution in [0.15, 0.2) is 48.9 Å². The molecular weight excluding hydrogens is 424 g/mol. The molecule has 0 radical (unpaired) electrons. The highest BCUT2D eigenvalue weighted by molar-refractivity contribution is 5.91. The summed E-state index contributed by atoms with van der Waals surface area (Å²) >= 11 is 0. The first kappa shape index (κ1) is 22.4. The summed E-state index contributed by atoms with van der Waals surface area (Å²) in [5, 5.41) is 0.501. The van der Waals surface area contributed by atoms with Crippen molar-refractivity contribution >= 4 is 33.6 Å². The SMILES string of the molecule is COC(=O)CCC/C=C(/c1cc(C)c2on(C)c(=O)c2c1)c1cc(C)c2oc(=O)n(C)c2c1. The van der Waals surface area contributed by atoms with Crippen molar-refractivity contribution in [1.82, 2.24) is 9.31 Å². The highest BCUT2D eigenvalue weighted by Crippen LogP contribution is 2.32. The smallest absolute Gasteiger partial charge is 0.419 e. The molecule has 0 aliphatic rings. The third-order valence-corrected chi connectivity index (χ3v) is 5.88. The molecule has 0 unspecified atom stereocenters. The molecule has 8 nitrogen and oxygen atoms in total. The van der Waals surface area contributed by atoms with Gasteiger partial charge in [0.1, 0.15) is 0 Å². The van der Waals surface area contributed by atoms with E-state index in [1.807, 2.05) is 44.2 Å². The molecule has 172 valence electrons. The Labute approximate surface area is 189 Å². The summed E-state index contributed by atoms with van der Waals surface area (Å²) < 4.78 is 18.4. The van der Waals surface area contributed by atoms with Crippen LogP contribution < -0.4 is 11.3 Å². The van der Waals surface area contributed by atoms with Crippen molar-refractivity contribution in [2.45, 2.75) is 33.1 Å². The topological polar surface area (TPSA) is 96.6 Å². The summed E-state index contributed by atoms with van der Waals surface area (Å²) in [6, 6.07) is 7.68. The number of ether oxygens (including phenoxy) is 1. The molecule has 2 aromatic carbocycles. The molecule has 2 aromatic heterocycles. The summed E-state index contributed by atoms with van der Waals surface area (Å²) in [5.41, 5.74) is 5.89. The Balaban J connectivity index is 1.88. The number of allylic oxidation sites excluding steroid dienone is 1. The number of hydrogen-bond acceptors (Lipinski definition) is 6. The van der Waals surface area contributed by atoms with Crippen molar-refractivity contribution in [2.24, 2.45) is 14.1 Å². The first-order chi connectivity index (χ1) is 15.7. The largest absolute Gasteiger partial charge is 0.469 e. The van der Waals surface area contributed by atoms with Gasteiger partial charge < -0.3 is 13.7 Å². The molecule has 0 aliphatic carbocycles. The van der Waals surface area contributed by atoms with E-state index in [4.69, 9.17) is 13.7 Å². The quantitative estimate of drug-likeness (QED) is 0.326. The molecule has 0 amide bonds. The fourth-order valence-electron chi connectivity index (χ4n) is 4.10. The van der Waals surface area contributed by atoms with Gasteiger partial charge >= 0.3 is 11.7 Å². The van der Waals surface area contributed by atoms with Crippen molar-refractivity contribution in [3.63, 3.8) is 0 Å². The van der Waals surface area contributed by atoms with Crippen LogP contribution >= 0.6 is 0 Å². The standard InChI is InChI=1S/C25H26N2O6/c1-14-10-16(12-19-22(14)33-27(4)24(19)29)18(8-6-7-9-21(28)31-5)17-11-15(2)23-20(13-17)26(3)25(30)32-23/h8,10-13H,6-7,9H2,1-5H3/b18-8-. The van der Waals surface area contributed by atoms with Crippen molar-refractivity contribution < 1.29 is 18.5 Å². The highest BCUT2D eigenvalue weighted by atomic mass is 16.5. The maximum absolute atomic E-state index is 12.6. The normalized spacial score (nSPS) is 12.1. The average molecular weight is 450 g/mol. The molecule has 0 atom stereocenters. The van der Waals surface area contributed by atoms with Crippen LogP contribution in [0.2, 0.25) is 0 Å². The van der Waals surface area contributed by atoms with Crippen molar-refractivity contribution in [3.05, 3.63) is 73.5 Å². The average Bonchev–Trinajstić information content (AvgIpc) is 3.24. The number of carbonyl (C=O) groups excluding carboxylic acids is 1. The Morgan fingerprint density at radius 3 is 2.39 bits per heavy atom. The Hall–Kier alpha value is -3.81. The van der Waals surface area contributed by atoms with E-state index in [2.05, 4.69) is 0 Å². The fourth-order valence-corrected chi connectivity index (χ4v) is 4.10. The number of esters is 1. The van der Waals surface area contributed by atoms with E-state index in [0.717, 1.165) is 27.8 Å². The van der Waals surface area contributed by atoms with Crippen LogP contribution in [0.1, 0.15) is 41.5 Å². The molecule has 4 rings (SSSR count). The Morgan fingerprint density at radius 1 is 1.03 bits per heavy atom. The molecular formula is C25H26N2O6. The van der Waals surface area contributed by atoms with Gasteiger partial charge in [0, 0.05) is 20.5 Å². The zero-order chi connectivity index (χ0) is 23.9. The van der Waals surface area contributed by atoms with Gasteiger partial charge in [-0.1, -0.05) is 6.08 Å². The van der Waals surface area contributed by atoms with E-state index in [1.54, 1.807) is 14.1 Å². The Morgan fingerprint density at radius 2 is 1.70 bits per heavy atom. The van der Waals surface area contributed by atoms with E-state index >= 15 is 0 Å². The lowest BCUT2D eigenvalue weighted by Crippen LogP contribution is -2.09. The van der Waals surface area contributed by atoms with E-state index < -0.39 is 5.76 Å². The van der Waals surface area contributed by atoms with Gasteiger partial charge in [-0.2, -0.15) is 4.74 Å². The third kappa shape index (κ3) is 4.04. The number of oxazole rings is 1. The second kappa shape index (κ2) is 8.61. The molecule has 0 spiro atoms. The monoisotopic (exact) mass is 450 g/mol. The number of hydrogen-bond donors (Lipinski definition) is 0. The van der Waals surface area contributed by atoms with Crippen molar-refractivity contribution in [2.75, 3.05) is 7.11 Å². The van der Waals surface area contributed by atoms with Gasteiger partial charge in [-0.05, 0) is 78.8 Å². The van der Waals surface area contributed by atoms with E-state index in [9.17, 15) is 14.4 Å². The van der Waals surface area contributed by atoms with Gasteiger partial charge in [0.15, 0.2) is 11.2 Å². The molecule has 0 fully saturated rings. The molecule has 2 heterocycles. The lowest BCUT2D eigenvalue weighted by molar-refractivity contribution is -0.140. The van der Waals surface area contributed by atoms with Crippen LogP contribution in [-0.4, -0.2) is 22.4 Å². The van der Waals surface area contributed by atoms with Gasteiger partial charge in [0.05, 0.1) is 18.0 Å². The molecule has 0 aliphatic heterocycles. The third-order valence-electron chi connectivity index (χ3n) is 5.88. The zero-order valence-corrected chi connectivity index (χ0v) is 19.4. The van der Waals surface area contributed by atoms with Crippen LogP contribution in [0.5, 0.6) is 0 Å². The predicted octanol–water partition coefficient (Wildman–Crippen LogP) is 3.97. The van der Waals surface area contributed by atoms with Gasteiger partial charge in [-0.3, -0.25) is 14.2 Å². The molecule has 33 heavy (non-hydrogen) atoms. The molecule has 0 N–H and O–H groups in total. The summed E-state index contributed by atoms with van der Waals surface area (Å²) in [5.74, 6) is -0.678. The van der Waals surface area contributed by atoms with Gasteiger partial charge in [-0.15, -0.1) is 0 Å². The molecule has 0 saturated carbocycles. The number of fused-ring (bicyclic) bond motifs is 2. The van der Waals surface area contributed by atoms with Crippen LogP contribution in [-0.2, 0) is 23.6 Å². The maximum atomic E-state index is 12.6. The number of benzene rings is 2. The van der Waals surface area contributed by atoms with Crippen LogP contribution in [0, 0.1) is 13.8 Å². The molecule has 0 bridgehead atoms. The van der Waals surface area contributed by atoms with Crippen LogP contribution in [0.25, 0.3) is 27.6 Å². The zero-order valence-electron chi connectivity index (χ0n) is 19.4. The van der Waals surface area contributed by atoms with Crippen LogP contribution in [0.3, 0.4) is 0 Å². The van der Waals surface area contributed by atoms with Crippen molar-refractivity contribution in [1.29, 1.82) is 0 Å². The number of aromatic nitrogens is 2. The minimum atomic E-state index is -0.423. The number of aryl methyl sites for hydroxylation is 4. The Kier molecular flexibility index (Phi) is 5.84. The van der Waals surface area contributed by atoms with Crippen LogP contribution in [0.4, 0.5) is 0 Å². The number of nitrogens with zero attached hydrogens (tertiary/aromatic N) is 2.